The molecule has 0 amide bonds. The van der Waals surface area contributed by atoms with Gasteiger partial charge in [0.05, 0.1) is 22.4 Å². The van der Waals surface area contributed by atoms with Crippen LogP contribution in [0.4, 0.5) is 5.69 Å². The molecular weight excluding hydrogens is 296 g/mol. The molecule has 1 aromatic heterocycles. The lowest BCUT2D eigenvalue weighted by molar-refractivity contribution is 0.275. The first-order chi connectivity index (χ1) is 7.65. The standard InChI is InChI=1S/C8H11BrN4O2S/c9-7-1-5(10)2-11-8(7)15-4-6-3-12-16(14)13-6/h1-2,6,12-13H,3-4,10H2. The third-order valence-corrected chi connectivity index (χ3v) is 3.53. The number of ether oxygens (including phenoxy) is 1. The number of anilines is 1. The van der Waals surface area contributed by atoms with Gasteiger partial charge in [-0.3, -0.25) is 0 Å². The zero-order chi connectivity index (χ0) is 11.5. The average Bonchev–Trinajstić information content (AvgIpc) is 2.63. The van der Waals surface area contributed by atoms with Crippen molar-refractivity contribution in [2.24, 2.45) is 0 Å². The molecule has 1 aliphatic heterocycles. The SMILES string of the molecule is Nc1cnc(OCC2CNS(=O)N2)c(Br)c1. The first kappa shape index (κ1) is 11.8. The highest BCUT2D eigenvalue weighted by Crippen LogP contribution is 2.23. The number of rotatable bonds is 3. The summed E-state index contributed by atoms with van der Waals surface area (Å²) >= 11 is 2.15. The van der Waals surface area contributed by atoms with Crippen molar-refractivity contribution in [1.82, 2.24) is 14.4 Å². The number of nitrogens with two attached hydrogens (primary N) is 1. The first-order valence-corrected chi connectivity index (χ1v) is 6.54. The largest absolute Gasteiger partial charge is 0.475 e. The van der Waals surface area contributed by atoms with E-state index < -0.39 is 11.2 Å². The molecule has 1 fully saturated rings. The van der Waals surface area contributed by atoms with E-state index in [9.17, 15) is 4.21 Å². The summed E-state index contributed by atoms with van der Waals surface area (Å²) in [6, 6.07) is 1.74. The maximum atomic E-state index is 11.0. The number of hydrogen-bond acceptors (Lipinski definition) is 4. The summed E-state index contributed by atoms with van der Waals surface area (Å²) in [5.41, 5.74) is 6.12. The van der Waals surface area contributed by atoms with Crippen molar-refractivity contribution >= 4 is 32.8 Å². The van der Waals surface area contributed by atoms with E-state index in [0.717, 1.165) is 0 Å². The van der Waals surface area contributed by atoms with E-state index in [4.69, 9.17) is 10.5 Å². The van der Waals surface area contributed by atoms with Crippen molar-refractivity contribution in [2.75, 3.05) is 18.9 Å². The molecule has 2 rings (SSSR count). The fraction of sp³-hybridized carbons (Fsp3) is 0.375. The van der Waals surface area contributed by atoms with E-state index in [1.54, 1.807) is 6.07 Å². The summed E-state index contributed by atoms with van der Waals surface area (Å²) in [4.78, 5) is 4.04. The molecule has 2 unspecified atom stereocenters. The molecule has 1 aromatic rings. The molecule has 0 spiro atoms. The van der Waals surface area contributed by atoms with Gasteiger partial charge < -0.3 is 10.5 Å². The molecule has 2 heterocycles. The second kappa shape index (κ2) is 5.09. The number of halogens is 1. The summed E-state index contributed by atoms with van der Waals surface area (Å²) < 4.78 is 22.7. The first-order valence-electron chi connectivity index (χ1n) is 4.60. The quantitative estimate of drug-likeness (QED) is 0.730. The molecule has 0 saturated carbocycles. The van der Waals surface area contributed by atoms with Crippen LogP contribution in [0.2, 0.25) is 0 Å². The topological polar surface area (TPSA) is 89.3 Å². The van der Waals surface area contributed by atoms with Crippen molar-refractivity contribution in [3.05, 3.63) is 16.7 Å². The predicted octanol–water partition coefficient (Wildman–Crippen LogP) is -0.0548. The van der Waals surface area contributed by atoms with Crippen LogP contribution in [0.25, 0.3) is 0 Å². The molecule has 1 saturated heterocycles. The zero-order valence-electron chi connectivity index (χ0n) is 8.27. The van der Waals surface area contributed by atoms with E-state index in [-0.39, 0.29) is 6.04 Å². The third kappa shape index (κ3) is 2.91. The van der Waals surface area contributed by atoms with Crippen molar-refractivity contribution in [2.45, 2.75) is 6.04 Å². The lowest BCUT2D eigenvalue weighted by Crippen LogP contribution is -2.30. The van der Waals surface area contributed by atoms with Crippen LogP contribution in [0.1, 0.15) is 0 Å². The molecule has 88 valence electrons. The molecule has 1 aliphatic rings. The molecule has 8 heteroatoms. The maximum Gasteiger partial charge on any atom is 0.228 e. The van der Waals surface area contributed by atoms with Gasteiger partial charge in [-0.05, 0) is 22.0 Å². The van der Waals surface area contributed by atoms with Gasteiger partial charge in [-0.1, -0.05) is 0 Å². The lowest BCUT2D eigenvalue weighted by Gasteiger charge is -2.10. The Balaban J connectivity index is 1.92. The van der Waals surface area contributed by atoms with E-state index >= 15 is 0 Å². The Bertz CT molecular complexity index is 417. The molecule has 0 bridgehead atoms. The fourth-order valence-corrected chi connectivity index (χ4v) is 2.60. The summed E-state index contributed by atoms with van der Waals surface area (Å²) in [7, 11) is 0. The van der Waals surface area contributed by atoms with Crippen LogP contribution >= 0.6 is 15.9 Å². The Morgan fingerprint density at radius 3 is 3.19 bits per heavy atom. The van der Waals surface area contributed by atoms with Gasteiger partial charge in [-0.15, -0.1) is 0 Å². The van der Waals surface area contributed by atoms with Gasteiger partial charge in [0.2, 0.25) is 5.88 Å². The monoisotopic (exact) mass is 306 g/mol. The second-order valence-corrected chi connectivity index (χ2v) is 5.21. The smallest absolute Gasteiger partial charge is 0.228 e. The van der Waals surface area contributed by atoms with Crippen molar-refractivity contribution in [3.8, 4) is 5.88 Å². The number of nitrogen functional groups attached to an aromatic ring is 1. The Hall–Kier alpha value is -0.700. The van der Waals surface area contributed by atoms with Gasteiger partial charge in [0.25, 0.3) is 0 Å². The zero-order valence-corrected chi connectivity index (χ0v) is 10.7. The average molecular weight is 307 g/mol. The molecular formula is C8H11BrN4O2S. The number of hydrogen-bond donors (Lipinski definition) is 3. The predicted molar refractivity (Wildman–Crippen MR) is 64.9 cm³/mol. The van der Waals surface area contributed by atoms with Crippen LogP contribution in [-0.2, 0) is 11.2 Å². The van der Waals surface area contributed by atoms with Crippen LogP contribution in [0.15, 0.2) is 16.7 Å². The molecule has 4 N–H and O–H groups in total. The Morgan fingerprint density at radius 2 is 2.56 bits per heavy atom. The Morgan fingerprint density at radius 1 is 1.75 bits per heavy atom. The molecule has 16 heavy (non-hydrogen) atoms. The van der Waals surface area contributed by atoms with E-state index in [1.807, 2.05) is 0 Å². The van der Waals surface area contributed by atoms with Crippen LogP contribution in [0.3, 0.4) is 0 Å². The van der Waals surface area contributed by atoms with Gasteiger partial charge in [0.1, 0.15) is 6.61 Å². The minimum atomic E-state index is -1.15. The van der Waals surface area contributed by atoms with Crippen LogP contribution in [0, 0.1) is 0 Å². The third-order valence-electron chi connectivity index (χ3n) is 1.98. The summed E-state index contributed by atoms with van der Waals surface area (Å²) in [5.74, 6) is 0.480. The van der Waals surface area contributed by atoms with Gasteiger partial charge in [0.15, 0.2) is 11.2 Å². The van der Waals surface area contributed by atoms with Gasteiger partial charge in [0, 0.05) is 6.54 Å². The van der Waals surface area contributed by atoms with Gasteiger partial charge in [-0.25, -0.2) is 18.6 Å². The lowest BCUT2D eigenvalue weighted by atomic mass is 10.3. The fourth-order valence-electron chi connectivity index (χ4n) is 1.23. The number of pyridine rings is 1. The number of nitrogens with one attached hydrogen (secondary N) is 2. The second-order valence-electron chi connectivity index (χ2n) is 3.30. The molecule has 0 aliphatic carbocycles. The highest BCUT2D eigenvalue weighted by atomic mass is 79.9. The summed E-state index contributed by atoms with van der Waals surface area (Å²) in [6.07, 6.45) is 1.53. The summed E-state index contributed by atoms with van der Waals surface area (Å²) in [5, 5.41) is 0. The number of nitrogens with zero attached hydrogens (tertiary/aromatic N) is 1. The Kier molecular flexibility index (Phi) is 3.74. The Labute approximate surface area is 104 Å². The van der Waals surface area contributed by atoms with E-state index in [1.165, 1.54) is 6.20 Å². The normalized spacial score (nSPS) is 24.6. The van der Waals surface area contributed by atoms with Crippen molar-refractivity contribution in [3.63, 3.8) is 0 Å². The minimum absolute atomic E-state index is 0.0205. The highest BCUT2D eigenvalue weighted by molar-refractivity contribution is 9.10. The van der Waals surface area contributed by atoms with Crippen LogP contribution in [-0.4, -0.2) is 28.4 Å². The molecule has 2 atom stereocenters. The molecule has 6 nitrogen and oxygen atoms in total. The number of aromatic nitrogens is 1. The maximum absolute atomic E-state index is 11.0. The van der Waals surface area contributed by atoms with Gasteiger partial charge in [-0.2, -0.15) is 0 Å². The highest BCUT2D eigenvalue weighted by Gasteiger charge is 2.20. The van der Waals surface area contributed by atoms with Crippen LogP contribution < -0.4 is 19.9 Å². The van der Waals surface area contributed by atoms with Gasteiger partial charge >= 0.3 is 0 Å². The minimum Gasteiger partial charge on any atom is -0.475 e. The summed E-state index contributed by atoms with van der Waals surface area (Å²) in [6.45, 7) is 1.01. The van der Waals surface area contributed by atoms with Crippen molar-refractivity contribution < 1.29 is 8.95 Å². The van der Waals surface area contributed by atoms with E-state index in [0.29, 0.717) is 29.2 Å². The molecule has 0 aromatic carbocycles. The van der Waals surface area contributed by atoms with Crippen LogP contribution in [0.5, 0.6) is 5.88 Å². The van der Waals surface area contributed by atoms with Crippen molar-refractivity contribution in [1.29, 1.82) is 0 Å². The molecule has 0 radical (unpaired) electrons. The van der Waals surface area contributed by atoms with E-state index in [2.05, 4.69) is 30.4 Å².